The third-order valence-corrected chi connectivity index (χ3v) is 5.16. The van der Waals surface area contributed by atoms with Gasteiger partial charge in [0.2, 0.25) is 5.88 Å². The molecular weight excluding hydrogens is 350 g/mol. The summed E-state index contributed by atoms with van der Waals surface area (Å²) in [6.07, 6.45) is 4.98. The van der Waals surface area contributed by atoms with Crippen LogP contribution in [0.2, 0.25) is 0 Å². The third-order valence-electron chi connectivity index (χ3n) is 3.98. The van der Waals surface area contributed by atoms with Crippen molar-refractivity contribution < 1.29 is 14.3 Å². The largest absolute Gasteiger partial charge is 0.462 e. The van der Waals surface area contributed by atoms with Gasteiger partial charge in [0, 0.05) is 17.8 Å². The molecule has 0 fully saturated rings. The minimum absolute atomic E-state index is 0.327. The van der Waals surface area contributed by atoms with Gasteiger partial charge in [-0.15, -0.1) is 11.3 Å². The van der Waals surface area contributed by atoms with Crippen molar-refractivity contribution in [3.8, 4) is 11.6 Å². The van der Waals surface area contributed by atoms with Gasteiger partial charge in [0.1, 0.15) is 21.8 Å². The number of hydrogen-bond donors (Lipinski definition) is 0. The quantitative estimate of drug-likeness (QED) is 0.495. The highest BCUT2D eigenvalue weighted by Crippen LogP contribution is 2.37. The maximum Gasteiger partial charge on any atom is 0.348 e. The summed E-state index contributed by atoms with van der Waals surface area (Å²) in [7, 11) is 0. The number of thiophene rings is 1. The number of fused-ring (bicyclic) bond motifs is 2. The number of nitrogens with zero attached hydrogens (tertiary/aromatic N) is 3. The second-order valence-electron chi connectivity index (χ2n) is 5.62. The van der Waals surface area contributed by atoms with Crippen LogP contribution in [-0.4, -0.2) is 27.5 Å². The predicted octanol–water partition coefficient (Wildman–Crippen LogP) is 4.52. The van der Waals surface area contributed by atoms with E-state index in [2.05, 4.69) is 15.0 Å². The molecule has 0 atom stereocenters. The van der Waals surface area contributed by atoms with Gasteiger partial charge in [-0.1, -0.05) is 0 Å². The molecule has 7 heteroatoms. The van der Waals surface area contributed by atoms with Gasteiger partial charge < -0.3 is 9.47 Å². The van der Waals surface area contributed by atoms with Crippen molar-refractivity contribution in [2.24, 2.45) is 0 Å². The highest BCUT2D eigenvalue weighted by atomic mass is 32.1. The van der Waals surface area contributed by atoms with E-state index in [4.69, 9.17) is 9.47 Å². The van der Waals surface area contributed by atoms with E-state index in [1.807, 2.05) is 31.2 Å². The molecule has 26 heavy (non-hydrogen) atoms. The smallest absolute Gasteiger partial charge is 0.348 e. The van der Waals surface area contributed by atoms with Crippen LogP contribution in [0.15, 0.2) is 43.0 Å². The Morgan fingerprint density at radius 3 is 2.92 bits per heavy atom. The fraction of sp³-hybridized carbons (Fsp3) is 0.158. The molecule has 0 saturated heterocycles. The fourth-order valence-electron chi connectivity index (χ4n) is 2.74. The second kappa shape index (κ2) is 6.68. The molecule has 0 aliphatic heterocycles. The molecule has 0 N–H and O–H groups in total. The van der Waals surface area contributed by atoms with E-state index in [0.717, 1.165) is 21.7 Å². The van der Waals surface area contributed by atoms with E-state index in [1.54, 1.807) is 19.3 Å². The van der Waals surface area contributed by atoms with E-state index < -0.39 is 0 Å². The summed E-state index contributed by atoms with van der Waals surface area (Å²) >= 11 is 1.29. The molecular formula is C19H15N3O3S. The molecule has 0 spiro atoms. The molecule has 0 aliphatic rings. The van der Waals surface area contributed by atoms with Crippen LogP contribution in [0.1, 0.15) is 22.2 Å². The van der Waals surface area contributed by atoms with Crippen LogP contribution < -0.4 is 4.74 Å². The van der Waals surface area contributed by atoms with E-state index >= 15 is 0 Å². The third kappa shape index (κ3) is 2.86. The zero-order valence-corrected chi connectivity index (χ0v) is 15.0. The number of carbonyl (C=O) groups is 1. The molecule has 0 amide bonds. The summed E-state index contributed by atoms with van der Waals surface area (Å²) < 4.78 is 11.1. The molecule has 6 nitrogen and oxygen atoms in total. The average molecular weight is 365 g/mol. The maximum atomic E-state index is 12.1. The number of benzene rings is 1. The minimum atomic E-state index is -0.350. The molecule has 0 bridgehead atoms. The van der Waals surface area contributed by atoms with Gasteiger partial charge in [-0.3, -0.25) is 4.98 Å². The number of carbonyl (C=O) groups excluding carboxylic acids is 1. The van der Waals surface area contributed by atoms with Crippen LogP contribution in [-0.2, 0) is 4.74 Å². The summed E-state index contributed by atoms with van der Waals surface area (Å²) in [6.45, 7) is 3.96. The molecule has 3 heterocycles. The van der Waals surface area contributed by atoms with Crippen molar-refractivity contribution in [1.82, 2.24) is 15.0 Å². The summed E-state index contributed by atoms with van der Waals surface area (Å²) in [6, 6.07) is 7.66. The number of aryl methyl sites for hydroxylation is 1. The first-order chi connectivity index (χ1) is 12.7. The number of pyridine rings is 1. The van der Waals surface area contributed by atoms with Crippen LogP contribution in [0.4, 0.5) is 0 Å². The Kier molecular flexibility index (Phi) is 4.22. The number of rotatable bonds is 4. The normalized spacial score (nSPS) is 11.0. The Bertz CT molecular complexity index is 1120. The summed E-state index contributed by atoms with van der Waals surface area (Å²) in [5, 5.41) is 2.79. The van der Waals surface area contributed by atoms with E-state index in [0.29, 0.717) is 27.9 Å². The Morgan fingerprint density at radius 1 is 1.19 bits per heavy atom. The van der Waals surface area contributed by atoms with Gasteiger partial charge >= 0.3 is 5.97 Å². The van der Waals surface area contributed by atoms with Gasteiger partial charge in [-0.25, -0.2) is 14.8 Å². The predicted molar refractivity (Wildman–Crippen MR) is 99.9 cm³/mol. The van der Waals surface area contributed by atoms with Crippen LogP contribution in [0.5, 0.6) is 11.6 Å². The molecule has 0 aliphatic carbocycles. The summed E-state index contributed by atoms with van der Waals surface area (Å²) in [5.74, 6) is 0.733. The first kappa shape index (κ1) is 16.4. The van der Waals surface area contributed by atoms with Crippen molar-refractivity contribution >= 4 is 38.3 Å². The van der Waals surface area contributed by atoms with Gasteiger partial charge in [0.25, 0.3) is 0 Å². The maximum absolute atomic E-state index is 12.1. The lowest BCUT2D eigenvalue weighted by molar-refractivity contribution is 0.0531. The Morgan fingerprint density at radius 2 is 2.08 bits per heavy atom. The van der Waals surface area contributed by atoms with Crippen molar-refractivity contribution in [3.63, 3.8) is 0 Å². The molecule has 0 radical (unpaired) electrons. The van der Waals surface area contributed by atoms with E-state index in [1.165, 1.54) is 17.7 Å². The summed E-state index contributed by atoms with van der Waals surface area (Å²) in [5.41, 5.74) is 0.768. The van der Waals surface area contributed by atoms with Crippen LogP contribution in [0, 0.1) is 6.92 Å². The Labute approximate surface area is 153 Å². The standard InChI is InChI=1S/C19H15N3O3S/c1-3-24-19(23)16-11(2)15-17(21-10-22-18(15)26-16)25-14-5-4-13-9-20-7-6-12(13)8-14/h4-10H,3H2,1-2H3. The van der Waals surface area contributed by atoms with Gasteiger partial charge in [0.05, 0.1) is 12.0 Å². The number of aromatic nitrogens is 3. The molecule has 0 saturated carbocycles. The van der Waals surface area contributed by atoms with Crippen LogP contribution >= 0.6 is 11.3 Å². The number of hydrogen-bond acceptors (Lipinski definition) is 7. The topological polar surface area (TPSA) is 74.2 Å². The van der Waals surface area contributed by atoms with Crippen LogP contribution in [0.25, 0.3) is 21.0 Å². The zero-order chi connectivity index (χ0) is 18.1. The Balaban J connectivity index is 1.77. The van der Waals surface area contributed by atoms with E-state index in [9.17, 15) is 4.79 Å². The first-order valence-corrected chi connectivity index (χ1v) is 8.92. The van der Waals surface area contributed by atoms with Crippen molar-refractivity contribution in [1.29, 1.82) is 0 Å². The lowest BCUT2D eigenvalue weighted by atomic mass is 10.2. The number of ether oxygens (including phenoxy) is 2. The zero-order valence-electron chi connectivity index (χ0n) is 14.2. The van der Waals surface area contributed by atoms with Crippen LogP contribution in [0.3, 0.4) is 0 Å². The molecule has 4 rings (SSSR count). The lowest BCUT2D eigenvalue weighted by Crippen LogP contribution is -2.03. The highest BCUT2D eigenvalue weighted by molar-refractivity contribution is 7.20. The summed E-state index contributed by atoms with van der Waals surface area (Å²) in [4.78, 5) is 26.0. The van der Waals surface area contributed by atoms with Crippen molar-refractivity contribution in [2.75, 3.05) is 6.61 Å². The van der Waals surface area contributed by atoms with Gasteiger partial charge in [-0.2, -0.15) is 0 Å². The molecule has 130 valence electrons. The monoisotopic (exact) mass is 365 g/mol. The second-order valence-corrected chi connectivity index (χ2v) is 6.62. The molecule has 4 aromatic rings. The molecule has 3 aromatic heterocycles. The fourth-order valence-corrected chi connectivity index (χ4v) is 3.78. The SMILES string of the molecule is CCOC(=O)c1sc2ncnc(Oc3ccc4cnccc4c3)c2c1C. The van der Waals surface area contributed by atoms with E-state index in [-0.39, 0.29) is 5.97 Å². The molecule has 0 unspecified atom stereocenters. The lowest BCUT2D eigenvalue weighted by Gasteiger charge is -2.07. The van der Waals surface area contributed by atoms with Gasteiger partial charge in [0.15, 0.2) is 0 Å². The number of esters is 1. The Hall–Kier alpha value is -3.06. The van der Waals surface area contributed by atoms with Crippen molar-refractivity contribution in [2.45, 2.75) is 13.8 Å². The highest BCUT2D eigenvalue weighted by Gasteiger charge is 2.21. The average Bonchev–Trinajstić information content (AvgIpc) is 3.00. The van der Waals surface area contributed by atoms with Crippen molar-refractivity contribution in [3.05, 3.63) is 53.4 Å². The molecule has 1 aromatic carbocycles. The van der Waals surface area contributed by atoms with Gasteiger partial charge in [-0.05, 0) is 49.1 Å². The minimum Gasteiger partial charge on any atom is -0.462 e. The first-order valence-electron chi connectivity index (χ1n) is 8.10.